The number of fused-ring (bicyclic) bond motifs is 3. The van der Waals surface area contributed by atoms with Crippen LogP contribution in [-0.4, -0.2) is 6.54 Å². The number of hydrogen-bond acceptors (Lipinski definition) is 1. The zero-order valence-electron chi connectivity index (χ0n) is 27.1. The summed E-state index contributed by atoms with van der Waals surface area (Å²) in [6.45, 7) is 3.37. The lowest BCUT2D eigenvalue weighted by Crippen LogP contribution is -2.49. The molecule has 7 aliphatic carbocycles. The molecule has 0 aliphatic heterocycles. The van der Waals surface area contributed by atoms with Crippen LogP contribution in [0.25, 0.3) is 0 Å². The topological polar surface area (TPSA) is 26.0 Å². The molecule has 0 aromatic carbocycles. The molecule has 9 unspecified atom stereocenters. The molecule has 0 bridgehead atoms. The second-order valence-electron chi connectivity index (χ2n) is 15.7. The van der Waals surface area contributed by atoms with E-state index in [0.717, 1.165) is 53.9 Å². The molecule has 0 aromatic rings. The number of hydrogen-bond donors (Lipinski definition) is 1. The van der Waals surface area contributed by atoms with E-state index in [2.05, 4.69) is 73.8 Å². The summed E-state index contributed by atoms with van der Waals surface area (Å²) in [5, 5.41) is 0. The molecule has 2 fully saturated rings. The average molecular weight is 578 g/mol. The maximum atomic E-state index is 6.79. The van der Waals surface area contributed by atoms with E-state index in [9.17, 15) is 0 Å². The van der Waals surface area contributed by atoms with Gasteiger partial charge in [0, 0.05) is 5.92 Å². The fourth-order valence-electron chi connectivity index (χ4n) is 11.5. The van der Waals surface area contributed by atoms with Crippen LogP contribution >= 0.6 is 0 Å². The fraction of sp³-hybridized carbons (Fsp3) is 0.667. The summed E-state index contributed by atoms with van der Waals surface area (Å²) in [6.07, 6.45) is 47.7. The van der Waals surface area contributed by atoms with Gasteiger partial charge in [-0.3, -0.25) is 0 Å². The Kier molecular flexibility index (Phi) is 9.46. The largest absolute Gasteiger partial charge is 0.330 e. The van der Waals surface area contributed by atoms with Gasteiger partial charge in [-0.15, -0.1) is 0 Å². The number of allylic oxidation sites excluding steroid dienone is 14. The highest BCUT2D eigenvalue weighted by molar-refractivity contribution is 5.37. The predicted molar refractivity (Wildman–Crippen MR) is 183 cm³/mol. The maximum absolute atomic E-state index is 6.79. The number of rotatable bonds is 8. The summed E-state index contributed by atoms with van der Waals surface area (Å²) in [4.78, 5) is 0. The highest BCUT2D eigenvalue weighted by Crippen LogP contribution is 2.59. The highest BCUT2D eigenvalue weighted by Gasteiger charge is 2.51. The summed E-state index contributed by atoms with van der Waals surface area (Å²) in [5.74, 6) is 8.56. The molecule has 232 valence electrons. The molecule has 0 spiro atoms. The minimum absolute atomic E-state index is 0.637. The van der Waals surface area contributed by atoms with Crippen LogP contribution in [0.4, 0.5) is 0 Å². The Labute approximate surface area is 263 Å². The smallest absolute Gasteiger partial charge is 0.00174 e. The molecule has 7 rings (SSSR count). The first kappa shape index (κ1) is 29.8. The molecule has 43 heavy (non-hydrogen) atoms. The third-order valence-corrected chi connectivity index (χ3v) is 13.6. The minimum Gasteiger partial charge on any atom is -0.330 e. The lowest BCUT2D eigenvalue weighted by molar-refractivity contribution is 0.0214. The average Bonchev–Trinajstić information content (AvgIpc) is 3.08. The van der Waals surface area contributed by atoms with Crippen LogP contribution in [0.2, 0.25) is 0 Å². The lowest BCUT2D eigenvalue weighted by Gasteiger charge is -2.55. The summed E-state index contributed by atoms with van der Waals surface area (Å²) >= 11 is 0. The quantitative estimate of drug-likeness (QED) is 0.285. The molecule has 1 nitrogen and oxygen atoms in total. The normalized spacial score (nSPS) is 40.0. The van der Waals surface area contributed by atoms with Crippen LogP contribution in [-0.2, 0) is 0 Å². The van der Waals surface area contributed by atoms with Gasteiger partial charge in [-0.25, -0.2) is 0 Å². The maximum Gasteiger partial charge on any atom is 0.00174 e. The van der Waals surface area contributed by atoms with E-state index in [-0.39, 0.29) is 0 Å². The van der Waals surface area contributed by atoms with E-state index >= 15 is 0 Å². The van der Waals surface area contributed by atoms with E-state index in [4.69, 9.17) is 5.73 Å². The molecule has 2 N–H and O–H groups in total. The van der Waals surface area contributed by atoms with Gasteiger partial charge >= 0.3 is 0 Å². The summed E-state index contributed by atoms with van der Waals surface area (Å²) in [6, 6.07) is 0. The lowest BCUT2D eigenvalue weighted by atomic mass is 9.49. The summed E-state index contributed by atoms with van der Waals surface area (Å²) in [7, 11) is 0. The van der Waals surface area contributed by atoms with Gasteiger partial charge < -0.3 is 5.73 Å². The molecule has 0 saturated heterocycles. The molecule has 1 heteroatoms. The van der Waals surface area contributed by atoms with E-state index in [0.29, 0.717) is 17.8 Å². The highest BCUT2D eigenvalue weighted by atomic mass is 14.6. The van der Waals surface area contributed by atoms with Gasteiger partial charge in [0.15, 0.2) is 0 Å². The first-order valence-corrected chi connectivity index (χ1v) is 18.7. The third kappa shape index (κ3) is 6.06. The van der Waals surface area contributed by atoms with E-state index in [1.165, 1.54) is 96.3 Å². The van der Waals surface area contributed by atoms with Crippen molar-refractivity contribution in [1.29, 1.82) is 0 Å². The fourth-order valence-corrected chi connectivity index (χ4v) is 11.5. The van der Waals surface area contributed by atoms with E-state index in [1.807, 2.05) is 5.57 Å². The predicted octanol–water partition coefficient (Wildman–Crippen LogP) is 10.7. The zero-order valence-corrected chi connectivity index (χ0v) is 27.1. The zero-order chi connectivity index (χ0) is 29.2. The van der Waals surface area contributed by atoms with Crippen LogP contribution in [0.15, 0.2) is 83.6 Å². The molecule has 0 radical (unpaired) electrons. The van der Waals surface area contributed by atoms with Crippen molar-refractivity contribution in [2.45, 2.75) is 103 Å². The first-order chi connectivity index (χ1) is 21.2. The molecule has 7 aliphatic rings. The second-order valence-corrected chi connectivity index (χ2v) is 15.7. The summed E-state index contributed by atoms with van der Waals surface area (Å²) in [5.41, 5.74) is 12.0. The van der Waals surface area contributed by atoms with Crippen molar-refractivity contribution >= 4 is 0 Å². The van der Waals surface area contributed by atoms with Gasteiger partial charge in [0.2, 0.25) is 0 Å². The third-order valence-electron chi connectivity index (χ3n) is 13.6. The van der Waals surface area contributed by atoms with Gasteiger partial charge in [-0.05, 0) is 168 Å². The number of nitrogens with two attached hydrogens (primary N) is 1. The van der Waals surface area contributed by atoms with Crippen molar-refractivity contribution in [2.75, 3.05) is 6.54 Å². The van der Waals surface area contributed by atoms with E-state index < -0.39 is 0 Å². The first-order valence-electron chi connectivity index (χ1n) is 18.7. The molecule has 0 heterocycles. The molecule has 0 amide bonds. The van der Waals surface area contributed by atoms with Crippen molar-refractivity contribution < 1.29 is 0 Å². The molecular weight excluding hydrogens is 518 g/mol. The molecular formula is C42H59N. The van der Waals surface area contributed by atoms with Crippen LogP contribution in [0.5, 0.6) is 0 Å². The molecule has 2 saturated carbocycles. The Morgan fingerprint density at radius 1 is 0.767 bits per heavy atom. The van der Waals surface area contributed by atoms with Gasteiger partial charge in [0.1, 0.15) is 0 Å². The molecule has 9 atom stereocenters. The van der Waals surface area contributed by atoms with Gasteiger partial charge in [-0.2, -0.15) is 0 Å². The van der Waals surface area contributed by atoms with Gasteiger partial charge in [0.25, 0.3) is 0 Å². The van der Waals surface area contributed by atoms with Gasteiger partial charge in [-0.1, -0.05) is 84.9 Å². The Balaban J connectivity index is 1.08. The van der Waals surface area contributed by atoms with E-state index in [1.54, 1.807) is 11.1 Å². The van der Waals surface area contributed by atoms with Crippen LogP contribution in [0, 0.1) is 65.1 Å². The van der Waals surface area contributed by atoms with Crippen molar-refractivity contribution in [3.05, 3.63) is 83.6 Å². The van der Waals surface area contributed by atoms with Crippen molar-refractivity contribution in [2.24, 2.45) is 70.8 Å². The van der Waals surface area contributed by atoms with Crippen LogP contribution < -0.4 is 5.73 Å². The van der Waals surface area contributed by atoms with Crippen molar-refractivity contribution in [3.8, 4) is 0 Å². The summed E-state index contributed by atoms with van der Waals surface area (Å²) < 4.78 is 0. The van der Waals surface area contributed by atoms with Crippen LogP contribution in [0.1, 0.15) is 103 Å². The Bertz CT molecular complexity index is 1180. The minimum atomic E-state index is 0.637. The standard InChI is InChI=1S/C42H59N/c1-29(35-21-11-15-32-14-5-6-16-36(32)35)22-23-34(28-43)42-39-19-9-7-17-37(39)41(38-18-8-10-20-40(38)42)33-26-24-31(25-27-33)30-12-3-2-4-13-30/h2-3,5,7-9,11,14,17-18,21,29-34,38-42H,4,6,10,12-13,15-16,19-20,22-28,43H2,1H3. The Morgan fingerprint density at radius 3 is 2.44 bits per heavy atom. The van der Waals surface area contributed by atoms with Crippen LogP contribution in [0.3, 0.4) is 0 Å². The van der Waals surface area contributed by atoms with Gasteiger partial charge in [0.05, 0.1) is 0 Å². The van der Waals surface area contributed by atoms with Crippen molar-refractivity contribution in [1.82, 2.24) is 0 Å². The second kappa shape index (κ2) is 13.6. The molecule has 0 aromatic heterocycles. The van der Waals surface area contributed by atoms with Crippen molar-refractivity contribution in [3.63, 3.8) is 0 Å². The Morgan fingerprint density at radius 2 is 1.60 bits per heavy atom. The SMILES string of the molecule is CC(CCC(CN)C1C2CC=CC=C2C(C2CCC(C3CC=CCC3)CC2)C2C=CCCC21)C1=C2CCC=CC2CC=C1. The Hall–Kier alpha value is -1.86. The monoisotopic (exact) mass is 577 g/mol.